The lowest BCUT2D eigenvalue weighted by Gasteiger charge is -2.40. The topological polar surface area (TPSA) is 89.0 Å². The van der Waals surface area contributed by atoms with Crippen LogP contribution < -0.4 is 4.74 Å². The van der Waals surface area contributed by atoms with E-state index in [0.717, 1.165) is 25.0 Å². The van der Waals surface area contributed by atoms with Crippen LogP contribution in [0.1, 0.15) is 37.8 Å². The largest absolute Gasteiger partial charge is 0.478 e. The van der Waals surface area contributed by atoms with Crippen LogP contribution in [-0.4, -0.2) is 58.3 Å². The van der Waals surface area contributed by atoms with Crippen molar-refractivity contribution >= 4 is 11.9 Å². The summed E-state index contributed by atoms with van der Waals surface area (Å²) in [5.74, 6) is -0.604. The van der Waals surface area contributed by atoms with Crippen LogP contribution in [0.4, 0.5) is 0 Å². The first-order chi connectivity index (χ1) is 12.0. The highest BCUT2D eigenvalue weighted by Gasteiger charge is 2.45. The molecule has 136 valence electrons. The molecule has 0 saturated carbocycles. The zero-order valence-corrected chi connectivity index (χ0v) is 14.4. The van der Waals surface area contributed by atoms with E-state index in [4.69, 9.17) is 9.47 Å². The minimum atomic E-state index is -1.32. The van der Waals surface area contributed by atoms with Gasteiger partial charge < -0.3 is 19.5 Å². The smallest absolute Gasteiger partial charge is 0.348 e. The van der Waals surface area contributed by atoms with Crippen molar-refractivity contribution in [1.82, 2.24) is 9.88 Å². The maximum atomic E-state index is 12.5. The minimum absolute atomic E-state index is 0.0318. The average Bonchev–Trinajstić information content (AvgIpc) is 2.64. The van der Waals surface area contributed by atoms with Gasteiger partial charge in [0.25, 0.3) is 5.91 Å². The highest BCUT2D eigenvalue weighted by Crippen LogP contribution is 2.30. The maximum Gasteiger partial charge on any atom is 0.348 e. The molecule has 2 saturated heterocycles. The molecule has 1 aromatic rings. The SMILES string of the molecule is Cc1ccc(OC2(C(=O)O)CCN(C(=O)[C@@H]3CCCCO3)CC2)cn1. The first-order valence-corrected chi connectivity index (χ1v) is 8.76. The lowest BCUT2D eigenvalue weighted by Crippen LogP contribution is -2.56. The van der Waals surface area contributed by atoms with Gasteiger partial charge in [-0.2, -0.15) is 0 Å². The third-order valence-corrected chi connectivity index (χ3v) is 4.93. The number of hydrogen-bond donors (Lipinski definition) is 1. The summed E-state index contributed by atoms with van der Waals surface area (Å²) >= 11 is 0. The molecule has 7 nitrogen and oxygen atoms in total. The number of aromatic nitrogens is 1. The molecule has 0 bridgehead atoms. The number of pyridine rings is 1. The number of carbonyl (C=O) groups is 2. The number of piperidine rings is 1. The molecule has 1 aromatic heterocycles. The Labute approximate surface area is 146 Å². The van der Waals surface area contributed by atoms with E-state index in [1.165, 1.54) is 6.20 Å². The van der Waals surface area contributed by atoms with Crippen molar-refractivity contribution in [3.05, 3.63) is 24.0 Å². The molecule has 1 atom stereocenters. The molecule has 25 heavy (non-hydrogen) atoms. The van der Waals surface area contributed by atoms with Crippen LogP contribution in [0.5, 0.6) is 5.75 Å². The highest BCUT2D eigenvalue weighted by molar-refractivity contribution is 5.82. The fourth-order valence-electron chi connectivity index (χ4n) is 3.33. The van der Waals surface area contributed by atoms with E-state index in [-0.39, 0.29) is 24.9 Å². The molecule has 3 heterocycles. The van der Waals surface area contributed by atoms with Crippen LogP contribution in [0.25, 0.3) is 0 Å². The molecule has 0 unspecified atom stereocenters. The van der Waals surface area contributed by atoms with Gasteiger partial charge in [0, 0.05) is 38.2 Å². The van der Waals surface area contributed by atoms with Crippen molar-refractivity contribution in [2.24, 2.45) is 0 Å². The van der Waals surface area contributed by atoms with E-state index >= 15 is 0 Å². The molecule has 0 spiro atoms. The van der Waals surface area contributed by atoms with Gasteiger partial charge in [0.05, 0.1) is 6.20 Å². The normalized spacial score (nSPS) is 23.1. The first-order valence-electron chi connectivity index (χ1n) is 8.76. The van der Waals surface area contributed by atoms with Gasteiger partial charge in [0.15, 0.2) is 0 Å². The van der Waals surface area contributed by atoms with Crippen LogP contribution >= 0.6 is 0 Å². The van der Waals surface area contributed by atoms with E-state index < -0.39 is 11.6 Å². The van der Waals surface area contributed by atoms with E-state index in [1.807, 2.05) is 6.92 Å². The van der Waals surface area contributed by atoms with Crippen LogP contribution in [-0.2, 0) is 14.3 Å². The Bertz CT molecular complexity index is 617. The summed E-state index contributed by atoms with van der Waals surface area (Å²) in [4.78, 5) is 30.2. The summed E-state index contributed by atoms with van der Waals surface area (Å²) < 4.78 is 11.4. The quantitative estimate of drug-likeness (QED) is 0.892. The van der Waals surface area contributed by atoms with Crippen LogP contribution in [0.2, 0.25) is 0 Å². The third kappa shape index (κ3) is 3.92. The van der Waals surface area contributed by atoms with E-state index in [1.54, 1.807) is 17.0 Å². The van der Waals surface area contributed by atoms with Gasteiger partial charge >= 0.3 is 5.97 Å². The second-order valence-corrected chi connectivity index (χ2v) is 6.72. The molecule has 7 heteroatoms. The van der Waals surface area contributed by atoms with Gasteiger partial charge in [-0.3, -0.25) is 9.78 Å². The lowest BCUT2D eigenvalue weighted by molar-refractivity contribution is -0.164. The fraction of sp³-hybridized carbons (Fsp3) is 0.611. The van der Waals surface area contributed by atoms with Crippen LogP contribution in [0.15, 0.2) is 18.3 Å². The number of aliphatic carboxylic acids is 1. The monoisotopic (exact) mass is 348 g/mol. The zero-order valence-electron chi connectivity index (χ0n) is 14.4. The maximum absolute atomic E-state index is 12.5. The molecular formula is C18H24N2O5. The molecule has 1 amide bonds. The summed E-state index contributed by atoms with van der Waals surface area (Å²) in [6.07, 6.45) is 4.37. The number of amides is 1. The van der Waals surface area contributed by atoms with Crippen molar-refractivity contribution in [3.63, 3.8) is 0 Å². The Balaban J connectivity index is 1.64. The number of aryl methyl sites for hydroxylation is 1. The van der Waals surface area contributed by atoms with E-state index in [2.05, 4.69) is 4.98 Å². The summed E-state index contributed by atoms with van der Waals surface area (Å²) in [7, 11) is 0. The number of carboxylic acids is 1. The number of rotatable bonds is 4. The average molecular weight is 348 g/mol. The second kappa shape index (κ2) is 7.39. The molecule has 2 fully saturated rings. The van der Waals surface area contributed by atoms with Crippen molar-refractivity contribution < 1.29 is 24.2 Å². The molecule has 0 radical (unpaired) electrons. The lowest BCUT2D eigenvalue weighted by atomic mass is 9.90. The van der Waals surface area contributed by atoms with Crippen LogP contribution in [0, 0.1) is 6.92 Å². The predicted octanol–water partition coefficient (Wildman–Crippen LogP) is 1.78. The van der Waals surface area contributed by atoms with Crippen molar-refractivity contribution in [2.75, 3.05) is 19.7 Å². The minimum Gasteiger partial charge on any atom is -0.478 e. The number of carboxylic acid groups (broad SMARTS) is 1. The fourth-order valence-corrected chi connectivity index (χ4v) is 3.33. The Morgan fingerprint density at radius 1 is 1.32 bits per heavy atom. The Kier molecular flexibility index (Phi) is 5.22. The summed E-state index contributed by atoms with van der Waals surface area (Å²) in [6.45, 7) is 3.18. The van der Waals surface area contributed by atoms with Crippen molar-refractivity contribution in [3.8, 4) is 5.75 Å². The molecule has 2 aliphatic rings. The Morgan fingerprint density at radius 3 is 2.64 bits per heavy atom. The van der Waals surface area contributed by atoms with Crippen LogP contribution in [0.3, 0.4) is 0 Å². The molecule has 0 aliphatic carbocycles. The third-order valence-electron chi connectivity index (χ3n) is 4.93. The summed E-state index contributed by atoms with van der Waals surface area (Å²) in [5.41, 5.74) is -0.481. The van der Waals surface area contributed by atoms with Gasteiger partial charge in [-0.05, 0) is 38.3 Å². The number of ether oxygens (including phenoxy) is 2. The Morgan fingerprint density at radius 2 is 2.08 bits per heavy atom. The molecule has 0 aromatic carbocycles. The Hall–Kier alpha value is -2.15. The standard InChI is InChI=1S/C18H24N2O5/c1-13-5-6-14(12-19-13)25-18(17(22)23)7-9-20(10-8-18)16(21)15-4-2-3-11-24-15/h5-6,12,15H,2-4,7-11H2,1H3,(H,22,23)/t15-/m0/s1. The van der Waals surface area contributed by atoms with Crippen molar-refractivity contribution in [1.29, 1.82) is 0 Å². The molecular weight excluding hydrogens is 324 g/mol. The number of nitrogens with zero attached hydrogens (tertiary/aromatic N) is 2. The van der Waals surface area contributed by atoms with E-state index in [9.17, 15) is 14.7 Å². The number of carbonyl (C=O) groups excluding carboxylic acids is 1. The molecule has 2 aliphatic heterocycles. The number of likely N-dealkylation sites (tertiary alicyclic amines) is 1. The van der Waals surface area contributed by atoms with Gasteiger partial charge in [-0.25, -0.2) is 4.79 Å². The second-order valence-electron chi connectivity index (χ2n) is 6.72. The number of hydrogen-bond acceptors (Lipinski definition) is 5. The van der Waals surface area contributed by atoms with Crippen molar-refractivity contribution in [2.45, 2.75) is 50.7 Å². The van der Waals surface area contributed by atoms with Gasteiger partial charge in [-0.15, -0.1) is 0 Å². The zero-order chi connectivity index (χ0) is 17.9. The van der Waals surface area contributed by atoms with Gasteiger partial charge in [0.1, 0.15) is 11.9 Å². The van der Waals surface area contributed by atoms with Gasteiger partial charge in [-0.1, -0.05) is 0 Å². The summed E-state index contributed by atoms with van der Waals surface area (Å²) in [6, 6.07) is 3.50. The summed E-state index contributed by atoms with van der Waals surface area (Å²) in [5, 5.41) is 9.70. The highest BCUT2D eigenvalue weighted by atomic mass is 16.5. The molecule has 1 N–H and O–H groups in total. The molecule has 3 rings (SSSR count). The van der Waals surface area contributed by atoms with Gasteiger partial charge in [0.2, 0.25) is 5.60 Å². The van der Waals surface area contributed by atoms with E-state index in [0.29, 0.717) is 25.4 Å². The first kappa shape index (κ1) is 17.7. The predicted molar refractivity (Wildman–Crippen MR) is 89.4 cm³/mol.